The third-order valence-electron chi connectivity index (χ3n) is 3.48. The number of benzene rings is 1. The topological polar surface area (TPSA) is 29.3 Å². The number of rotatable bonds is 4. The van der Waals surface area contributed by atoms with Crippen molar-refractivity contribution in [2.24, 2.45) is 5.92 Å². The summed E-state index contributed by atoms with van der Waals surface area (Å²) in [5.74, 6) is 0.907. The van der Waals surface area contributed by atoms with Crippen LogP contribution in [0.1, 0.15) is 31.2 Å². The van der Waals surface area contributed by atoms with Gasteiger partial charge in [0, 0.05) is 23.2 Å². The molecule has 1 aliphatic carbocycles. The molecule has 1 aromatic rings. The molecule has 0 spiro atoms. The lowest BCUT2D eigenvalue weighted by molar-refractivity contribution is 0.271. The Labute approximate surface area is 112 Å². The first-order valence-electron chi connectivity index (χ1n) is 6.37. The van der Waals surface area contributed by atoms with Crippen molar-refractivity contribution in [1.82, 2.24) is 4.90 Å². The van der Waals surface area contributed by atoms with Gasteiger partial charge in [-0.05, 0) is 49.6 Å². The number of nitrogens with two attached hydrogens (primary N) is 1. The Bertz CT molecular complexity index is 352. The van der Waals surface area contributed by atoms with Gasteiger partial charge in [0.15, 0.2) is 0 Å². The lowest BCUT2D eigenvalue weighted by Crippen LogP contribution is -2.24. The molecule has 0 bridgehead atoms. The molecule has 2 N–H and O–H groups in total. The number of anilines is 1. The second-order valence-corrected chi connectivity index (χ2v) is 6.16. The summed E-state index contributed by atoms with van der Waals surface area (Å²) in [7, 11) is 2.20. The minimum Gasteiger partial charge on any atom is -0.399 e. The summed E-state index contributed by atoms with van der Waals surface area (Å²) in [5, 5.41) is 0. The molecule has 1 saturated carbocycles. The number of halogens is 1. The summed E-state index contributed by atoms with van der Waals surface area (Å²) in [4.78, 5) is 2.41. The SMILES string of the molecule is CN(Cc1cc(N)cc(Br)c1)CC1CCCC1. The maximum absolute atomic E-state index is 5.85. The molecular weight excluding hydrogens is 276 g/mol. The Kier molecular flexibility index (Phi) is 4.46. The van der Waals surface area contributed by atoms with Crippen LogP contribution in [0.25, 0.3) is 0 Å². The molecule has 0 aliphatic heterocycles. The Morgan fingerprint density at radius 3 is 2.65 bits per heavy atom. The van der Waals surface area contributed by atoms with Gasteiger partial charge < -0.3 is 10.6 Å². The molecule has 2 nitrogen and oxygen atoms in total. The average molecular weight is 297 g/mol. The van der Waals surface area contributed by atoms with Gasteiger partial charge in [-0.1, -0.05) is 28.8 Å². The van der Waals surface area contributed by atoms with Gasteiger partial charge in [0.25, 0.3) is 0 Å². The second kappa shape index (κ2) is 5.87. The van der Waals surface area contributed by atoms with Crippen molar-refractivity contribution < 1.29 is 0 Å². The lowest BCUT2D eigenvalue weighted by atomic mass is 10.1. The molecular formula is C14H21BrN2. The fraction of sp³-hybridized carbons (Fsp3) is 0.571. The Morgan fingerprint density at radius 1 is 1.29 bits per heavy atom. The zero-order chi connectivity index (χ0) is 12.3. The molecule has 1 aliphatic rings. The van der Waals surface area contributed by atoms with Crippen molar-refractivity contribution in [1.29, 1.82) is 0 Å². The van der Waals surface area contributed by atoms with Crippen LogP contribution in [0.15, 0.2) is 22.7 Å². The molecule has 0 amide bonds. The molecule has 0 atom stereocenters. The average Bonchev–Trinajstić information content (AvgIpc) is 2.67. The molecule has 1 aromatic carbocycles. The van der Waals surface area contributed by atoms with Crippen LogP contribution in [0.2, 0.25) is 0 Å². The molecule has 0 saturated heterocycles. The van der Waals surface area contributed by atoms with E-state index in [0.717, 1.165) is 22.6 Å². The van der Waals surface area contributed by atoms with E-state index < -0.39 is 0 Å². The summed E-state index contributed by atoms with van der Waals surface area (Å²) >= 11 is 3.49. The summed E-state index contributed by atoms with van der Waals surface area (Å²) in [6, 6.07) is 6.16. The molecule has 0 aromatic heterocycles. The third kappa shape index (κ3) is 4.00. The van der Waals surface area contributed by atoms with Crippen LogP contribution < -0.4 is 5.73 Å². The lowest BCUT2D eigenvalue weighted by Gasteiger charge is -2.21. The quantitative estimate of drug-likeness (QED) is 0.860. The van der Waals surface area contributed by atoms with Gasteiger partial charge in [-0.25, -0.2) is 0 Å². The number of hydrogen-bond acceptors (Lipinski definition) is 2. The van der Waals surface area contributed by atoms with E-state index >= 15 is 0 Å². The van der Waals surface area contributed by atoms with Crippen molar-refractivity contribution in [3.05, 3.63) is 28.2 Å². The fourth-order valence-electron chi connectivity index (χ4n) is 2.78. The Balaban J connectivity index is 1.90. The van der Waals surface area contributed by atoms with Crippen molar-refractivity contribution in [3.63, 3.8) is 0 Å². The predicted molar refractivity (Wildman–Crippen MR) is 76.8 cm³/mol. The zero-order valence-electron chi connectivity index (χ0n) is 10.5. The van der Waals surface area contributed by atoms with Crippen molar-refractivity contribution >= 4 is 21.6 Å². The number of nitrogens with zero attached hydrogens (tertiary/aromatic N) is 1. The van der Waals surface area contributed by atoms with Crippen LogP contribution in [0.4, 0.5) is 5.69 Å². The van der Waals surface area contributed by atoms with Crippen LogP contribution in [0.5, 0.6) is 0 Å². The van der Waals surface area contributed by atoms with Gasteiger partial charge in [-0.3, -0.25) is 0 Å². The van der Waals surface area contributed by atoms with Crippen molar-refractivity contribution in [2.45, 2.75) is 32.2 Å². The van der Waals surface area contributed by atoms with E-state index in [4.69, 9.17) is 5.73 Å². The first kappa shape index (κ1) is 12.9. The predicted octanol–water partition coefficient (Wildman–Crippen LogP) is 3.65. The smallest absolute Gasteiger partial charge is 0.0328 e. The Morgan fingerprint density at radius 2 is 2.00 bits per heavy atom. The summed E-state index contributed by atoms with van der Waals surface area (Å²) in [6.07, 6.45) is 5.65. The van der Waals surface area contributed by atoms with Gasteiger partial charge in [0.1, 0.15) is 0 Å². The van der Waals surface area contributed by atoms with E-state index in [1.165, 1.54) is 37.8 Å². The Hall–Kier alpha value is -0.540. The molecule has 0 heterocycles. The van der Waals surface area contributed by atoms with Gasteiger partial charge >= 0.3 is 0 Å². The molecule has 3 heteroatoms. The highest BCUT2D eigenvalue weighted by molar-refractivity contribution is 9.10. The molecule has 2 rings (SSSR count). The highest BCUT2D eigenvalue weighted by atomic mass is 79.9. The molecule has 0 radical (unpaired) electrons. The molecule has 94 valence electrons. The largest absolute Gasteiger partial charge is 0.399 e. The van der Waals surface area contributed by atoms with Crippen LogP contribution in [0.3, 0.4) is 0 Å². The monoisotopic (exact) mass is 296 g/mol. The fourth-order valence-corrected chi connectivity index (χ4v) is 3.33. The normalized spacial score (nSPS) is 16.9. The third-order valence-corrected chi connectivity index (χ3v) is 3.93. The van der Waals surface area contributed by atoms with Gasteiger partial charge in [-0.15, -0.1) is 0 Å². The van der Waals surface area contributed by atoms with E-state index in [1.54, 1.807) is 0 Å². The molecule has 17 heavy (non-hydrogen) atoms. The second-order valence-electron chi connectivity index (χ2n) is 5.24. The van der Waals surface area contributed by atoms with Gasteiger partial charge in [0.2, 0.25) is 0 Å². The van der Waals surface area contributed by atoms with Crippen molar-refractivity contribution in [2.75, 3.05) is 19.3 Å². The number of nitrogen functional groups attached to an aromatic ring is 1. The first-order chi connectivity index (χ1) is 8.13. The molecule has 1 fully saturated rings. The van der Waals surface area contributed by atoms with Gasteiger partial charge in [-0.2, -0.15) is 0 Å². The highest BCUT2D eigenvalue weighted by Crippen LogP contribution is 2.26. The maximum atomic E-state index is 5.85. The maximum Gasteiger partial charge on any atom is 0.0328 e. The number of hydrogen-bond donors (Lipinski definition) is 1. The molecule has 0 unspecified atom stereocenters. The van der Waals surface area contributed by atoms with E-state index in [-0.39, 0.29) is 0 Å². The van der Waals surface area contributed by atoms with Crippen LogP contribution in [-0.2, 0) is 6.54 Å². The van der Waals surface area contributed by atoms with E-state index in [0.29, 0.717) is 0 Å². The minimum atomic E-state index is 0.837. The zero-order valence-corrected chi connectivity index (χ0v) is 12.0. The van der Waals surface area contributed by atoms with Gasteiger partial charge in [0.05, 0.1) is 0 Å². The summed E-state index contributed by atoms with van der Waals surface area (Å²) < 4.78 is 1.07. The van der Waals surface area contributed by atoms with E-state index in [1.807, 2.05) is 6.07 Å². The van der Waals surface area contributed by atoms with Crippen LogP contribution >= 0.6 is 15.9 Å². The first-order valence-corrected chi connectivity index (χ1v) is 7.16. The van der Waals surface area contributed by atoms with E-state index in [2.05, 4.69) is 40.0 Å². The van der Waals surface area contributed by atoms with Crippen molar-refractivity contribution in [3.8, 4) is 0 Å². The minimum absolute atomic E-state index is 0.837. The highest BCUT2D eigenvalue weighted by Gasteiger charge is 2.16. The standard InChI is InChI=1S/C14H21BrN2/c1-17(9-11-4-2-3-5-11)10-12-6-13(15)8-14(16)7-12/h6-8,11H,2-5,9-10,16H2,1H3. The summed E-state index contributed by atoms with van der Waals surface area (Å²) in [5.41, 5.74) is 7.98. The van der Waals surface area contributed by atoms with Crippen LogP contribution in [-0.4, -0.2) is 18.5 Å². The van der Waals surface area contributed by atoms with E-state index in [9.17, 15) is 0 Å². The van der Waals surface area contributed by atoms with Crippen LogP contribution in [0, 0.1) is 5.92 Å². The summed E-state index contributed by atoms with van der Waals surface area (Å²) in [6.45, 7) is 2.20.